The SMILES string of the molecule is CC(C)CNCCc1sc(CO)nc1-c1ccccc1. The van der Waals surface area contributed by atoms with Crippen molar-refractivity contribution in [2.75, 3.05) is 13.1 Å². The Morgan fingerprint density at radius 3 is 2.65 bits per heavy atom. The lowest BCUT2D eigenvalue weighted by molar-refractivity contribution is 0.281. The summed E-state index contributed by atoms with van der Waals surface area (Å²) in [4.78, 5) is 5.80. The van der Waals surface area contributed by atoms with Crippen molar-refractivity contribution in [2.45, 2.75) is 26.9 Å². The van der Waals surface area contributed by atoms with E-state index >= 15 is 0 Å². The number of hydrogen-bond donors (Lipinski definition) is 2. The maximum absolute atomic E-state index is 9.30. The van der Waals surface area contributed by atoms with Gasteiger partial charge in [0, 0.05) is 17.0 Å². The lowest BCUT2D eigenvalue weighted by Gasteiger charge is -2.07. The second kappa shape index (κ2) is 7.53. The van der Waals surface area contributed by atoms with E-state index < -0.39 is 0 Å². The molecule has 108 valence electrons. The Morgan fingerprint density at radius 1 is 1.25 bits per heavy atom. The third-order valence-electron chi connectivity index (χ3n) is 3.01. The van der Waals surface area contributed by atoms with Crippen LogP contribution in [0.1, 0.15) is 23.7 Å². The molecule has 1 aromatic carbocycles. The van der Waals surface area contributed by atoms with Crippen LogP contribution in [0.15, 0.2) is 30.3 Å². The maximum atomic E-state index is 9.30. The second-order valence-electron chi connectivity index (χ2n) is 5.25. The van der Waals surface area contributed by atoms with Crippen LogP contribution in [0.25, 0.3) is 11.3 Å². The van der Waals surface area contributed by atoms with Gasteiger partial charge in [0.15, 0.2) is 0 Å². The summed E-state index contributed by atoms with van der Waals surface area (Å²) in [6, 6.07) is 10.2. The van der Waals surface area contributed by atoms with E-state index in [-0.39, 0.29) is 6.61 Å². The minimum atomic E-state index is 0.0178. The molecule has 0 unspecified atom stereocenters. The van der Waals surface area contributed by atoms with E-state index in [2.05, 4.69) is 36.3 Å². The largest absolute Gasteiger partial charge is 0.389 e. The van der Waals surface area contributed by atoms with E-state index in [4.69, 9.17) is 0 Å². The van der Waals surface area contributed by atoms with Crippen molar-refractivity contribution in [2.24, 2.45) is 5.92 Å². The Kier molecular flexibility index (Phi) is 5.71. The molecule has 1 aromatic heterocycles. The van der Waals surface area contributed by atoms with Crippen molar-refractivity contribution < 1.29 is 5.11 Å². The third-order valence-corrected chi connectivity index (χ3v) is 4.11. The summed E-state index contributed by atoms with van der Waals surface area (Å²) >= 11 is 1.61. The molecule has 2 rings (SSSR count). The molecule has 0 fully saturated rings. The van der Waals surface area contributed by atoms with Gasteiger partial charge < -0.3 is 10.4 Å². The second-order valence-corrected chi connectivity index (χ2v) is 6.42. The van der Waals surface area contributed by atoms with Crippen LogP contribution in [-0.2, 0) is 13.0 Å². The molecule has 2 N–H and O–H groups in total. The Hall–Kier alpha value is -1.23. The number of aliphatic hydroxyl groups is 1. The van der Waals surface area contributed by atoms with Gasteiger partial charge in [0.05, 0.1) is 12.3 Å². The number of thiazole rings is 1. The zero-order valence-electron chi connectivity index (χ0n) is 12.1. The average molecular weight is 290 g/mol. The molecule has 0 atom stereocenters. The van der Waals surface area contributed by atoms with Gasteiger partial charge in [-0.1, -0.05) is 44.2 Å². The molecule has 2 aromatic rings. The normalized spacial score (nSPS) is 11.2. The highest BCUT2D eigenvalue weighted by molar-refractivity contribution is 7.12. The number of aromatic nitrogens is 1. The highest BCUT2D eigenvalue weighted by atomic mass is 32.1. The quantitative estimate of drug-likeness (QED) is 0.770. The van der Waals surface area contributed by atoms with Crippen LogP contribution < -0.4 is 5.32 Å². The summed E-state index contributed by atoms with van der Waals surface area (Å²) in [6.45, 7) is 6.42. The fourth-order valence-electron chi connectivity index (χ4n) is 2.05. The first kappa shape index (κ1) is 15.2. The molecule has 0 saturated carbocycles. The smallest absolute Gasteiger partial charge is 0.119 e. The first-order chi connectivity index (χ1) is 9.70. The summed E-state index contributed by atoms with van der Waals surface area (Å²) in [5, 5.41) is 13.5. The van der Waals surface area contributed by atoms with Crippen molar-refractivity contribution in [1.82, 2.24) is 10.3 Å². The minimum absolute atomic E-state index is 0.0178. The van der Waals surface area contributed by atoms with Crippen LogP contribution in [0.3, 0.4) is 0 Å². The van der Waals surface area contributed by atoms with E-state index in [0.717, 1.165) is 35.8 Å². The van der Waals surface area contributed by atoms with E-state index in [1.54, 1.807) is 11.3 Å². The number of aliphatic hydroxyl groups excluding tert-OH is 1. The highest BCUT2D eigenvalue weighted by Gasteiger charge is 2.12. The van der Waals surface area contributed by atoms with Gasteiger partial charge in [-0.2, -0.15) is 0 Å². The summed E-state index contributed by atoms with van der Waals surface area (Å²) in [5.41, 5.74) is 2.15. The first-order valence-corrected chi connectivity index (χ1v) is 7.88. The zero-order valence-corrected chi connectivity index (χ0v) is 12.9. The predicted molar refractivity (Wildman–Crippen MR) is 84.9 cm³/mol. The molecule has 0 saturated heterocycles. The van der Waals surface area contributed by atoms with Crippen molar-refractivity contribution in [1.29, 1.82) is 0 Å². The number of rotatable bonds is 7. The molecule has 3 nitrogen and oxygen atoms in total. The van der Waals surface area contributed by atoms with E-state index in [0.29, 0.717) is 5.92 Å². The number of benzene rings is 1. The van der Waals surface area contributed by atoms with Crippen molar-refractivity contribution in [3.8, 4) is 11.3 Å². The predicted octanol–water partition coefficient (Wildman–Crippen LogP) is 3.09. The lowest BCUT2D eigenvalue weighted by Crippen LogP contribution is -2.22. The summed E-state index contributed by atoms with van der Waals surface area (Å²) in [7, 11) is 0. The molecular weight excluding hydrogens is 268 g/mol. The first-order valence-electron chi connectivity index (χ1n) is 7.06. The Labute approximate surface area is 124 Å². The molecule has 0 aliphatic carbocycles. The Bertz CT molecular complexity index is 523. The van der Waals surface area contributed by atoms with Gasteiger partial charge in [0.25, 0.3) is 0 Å². The van der Waals surface area contributed by atoms with Gasteiger partial charge in [-0.15, -0.1) is 11.3 Å². The standard InChI is InChI=1S/C16H22N2OS/c1-12(2)10-17-9-8-14-16(18-15(11-19)20-14)13-6-4-3-5-7-13/h3-7,12,17,19H,8-11H2,1-2H3. The van der Waals surface area contributed by atoms with Gasteiger partial charge in [0.2, 0.25) is 0 Å². The monoisotopic (exact) mass is 290 g/mol. The van der Waals surface area contributed by atoms with Gasteiger partial charge in [0.1, 0.15) is 5.01 Å². The number of nitrogens with zero attached hydrogens (tertiary/aromatic N) is 1. The van der Waals surface area contributed by atoms with Crippen LogP contribution in [-0.4, -0.2) is 23.2 Å². The van der Waals surface area contributed by atoms with Crippen LogP contribution in [0.5, 0.6) is 0 Å². The average Bonchev–Trinajstić information content (AvgIpc) is 2.88. The molecule has 0 aliphatic heterocycles. The fraction of sp³-hybridized carbons (Fsp3) is 0.438. The molecule has 0 spiro atoms. The van der Waals surface area contributed by atoms with Crippen LogP contribution in [0.2, 0.25) is 0 Å². The zero-order chi connectivity index (χ0) is 14.4. The summed E-state index contributed by atoms with van der Waals surface area (Å²) in [5.74, 6) is 0.665. The third kappa shape index (κ3) is 4.13. The van der Waals surface area contributed by atoms with Gasteiger partial charge >= 0.3 is 0 Å². The number of hydrogen-bond acceptors (Lipinski definition) is 4. The van der Waals surface area contributed by atoms with Gasteiger partial charge in [-0.25, -0.2) is 4.98 Å². The Balaban J connectivity index is 2.09. The summed E-state index contributed by atoms with van der Waals surface area (Å²) in [6.07, 6.45) is 0.953. The van der Waals surface area contributed by atoms with Crippen molar-refractivity contribution in [3.63, 3.8) is 0 Å². The lowest BCUT2D eigenvalue weighted by atomic mass is 10.1. The molecule has 0 aliphatic rings. The van der Waals surface area contributed by atoms with Gasteiger partial charge in [-0.3, -0.25) is 0 Å². The van der Waals surface area contributed by atoms with E-state index in [1.165, 1.54) is 4.88 Å². The molecule has 0 amide bonds. The van der Waals surface area contributed by atoms with Crippen LogP contribution in [0.4, 0.5) is 0 Å². The van der Waals surface area contributed by atoms with Gasteiger partial charge in [-0.05, 0) is 18.9 Å². The summed E-state index contributed by atoms with van der Waals surface area (Å²) < 4.78 is 0. The molecule has 0 bridgehead atoms. The molecular formula is C16H22N2OS. The topological polar surface area (TPSA) is 45.1 Å². The fourth-order valence-corrected chi connectivity index (χ4v) is 3.00. The van der Waals surface area contributed by atoms with E-state index in [1.807, 2.05) is 18.2 Å². The molecule has 0 radical (unpaired) electrons. The molecule has 4 heteroatoms. The van der Waals surface area contributed by atoms with Crippen LogP contribution in [0, 0.1) is 5.92 Å². The van der Waals surface area contributed by atoms with Crippen molar-refractivity contribution >= 4 is 11.3 Å². The molecule has 1 heterocycles. The molecule has 20 heavy (non-hydrogen) atoms. The Morgan fingerprint density at radius 2 is 2.00 bits per heavy atom. The van der Waals surface area contributed by atoms with E-state index in [9.17, 15) is 5.11 Å². The number of nitrogens with one attached hydrogen (secondary N) is 1. The van der Waals surface area contributed by atoms with Crippen LogP contribution >= 0.6 is 11.3 Å². The van der Waals surface area contributed by atoms with Crippen molar-refractivity contribution in [3.05, 3.63) is 40.2 Å². The minimum Gasteiger partial charge on any atom is -0.389 e. The highest BCUT2D eigenvalue weighted by Crippen LogP contribution is 2.28. The maximum Gasteiger partial charge on any atom is 0.119 e.